The Balaban J connectivity index is 0.00000210. The first-order chi connectivity index (χ1) is 12.6. The molecular formula is C20H28ClN3O3. The van der Waals surface area contributed by atoms with Gasteiger partial charge in [0.2, 0.25) is 5.91 Å². The number of piperidine rings is 1. The number of para-hydroxylation sites is 1. The van der Waals surface area contributed by atoms with Gasteiger partial charge in [-0.25, -0.2) is 0 Å². The molecule has 3 aliphatic rings. The number of carbonyl (C=O) groups is 2. The van der Waals surface area contributed by atoms with E-state index in [1.165, 1.54) is 18.9 Å². The predicted molar refractivity (Wildman–Crippen MR) is 105 cm³/mol. The molecule has 4 rings (SSSR count). The van der Waals surface area contributed by atoms with Crippen LogP contribution in [-0.2, 0) is 4.79 Å². The minimum absolute atomic E-state index is 0. The predicted octanol–water partition coefficient (Wildman–Crippen LogP) is 2.02. The second-order valence-corrected chi connectivity index (χ2v) is 7.87. The maximum atomic E-state index is 12.7. The lowest BCUT2D eigenvalue weighted by atomic mass is 9.89. The molecule has 0 saturated carbocycles. The molecule has 0 aromatic heterocycles. The lowest BCUT2D eigenvalue weighted by Crippen LogP contribution is -2.51. The number of amides is 2. The first-order valence-corrected chi connectivity index (χ1v) is 9.71. The Bertz CT molecular complexity index is 679. The Morgan fingerprint density at radius 2 is 1.59 bits per heavy atom. The Morgan fingerprint density at radius 1 is 1.00 bits per heavy atom. The number of nitrogens with zero attached hydrogens (tertiary/aromatic N) is 2. The van der Waals surface area contributed by atoms with Crippen LogP contribution in [0.2, 0.25) is 0 Å². The van der Waals surface area contributed by atoms with Gasteiger partial charge in [0.15, 0.2) is 0 Å². The van der Waals surface area contributed by atoms with Gasteiger partial charge in [0, 0.05) is 44.7 Å². The molecule has 0 spiro atoms. The van der Waals surface area contributed by atoms with E-state index in [2.05, 4.69) is 5.32 Å². The van der Waals surface area contributed by atoms with E-state index in [1.807, 2.05) is 4.90 Å². The lowest BCUT2D eigenvalue weighted by molar-refractivity contribution is -0.134. The van der Waals surface area contributed by atoms with E-state index in [1.54, 1.807) is 23.1 Å². The van der Waals surface area contributed by atoms with Crippen molar-refractivity contribution in [3.63, 3.8) is 0 Å². The van der Waals surface area contributed by atoms with Crippen molar-refractivity contribution >= 4 is 24.2 Å². The van der Waals surface area contributed by atoms with Crippen LogP contribution >= 0.6 is 12.4 Å². The summed E-state index contributed by atoms with van der Waals surface area (Å²) in [5.41, 5.74) is 0.331. The van der Waals surface area contributed by atoms with E-state index >= 15 is 0 Å². The minimum Gasteiger partial charge on any atom is -0.507 e. The molecule has 6 nitrogen and oxygen atoms in total. The maximum Gasteiger partial charge on any atom is 0.257 e. The summed E-state index contributed by atoms with van der Waals surface area (Å²) in [4.78, 5) is 28.8. The van der Waals surface area contributed by atoms with Crippen LogP contribution in [0.25, 0.3) is 0 Å². The molecule has 7 heteroatoms. The Morgan fingerprint density at radius 3 is 2.22 bits per heavy atom. The smallest absolute Gasteiger partial charge is 0.257 e. The molecule has 2 bridgehead atoms. The second-order valence-electron chi connectivity index (χ2n) is 7.87. The zero-order valence-electron chi connectivity index (χ0n) is 15.5. The van der Waals surface area contributed by atoms with Gasteiger partial charge in [-0.1, -0.05) is 12.1 Å². The fraction of sp³-hybridized carbons (Fsp3) is 0.600. The zero-order valence-corrected chi connectivity index (χ0v) is 16.3. The molecule has 2 amide bonds. The number of hydrogen-bond acceptors (Lipinski definition) is 4. The monoisotopic (exact) mass is 393 g/mol. The molecule has 27 heavy (non-hydrogen) atoms. The van der Waals surface area contributed by atoms with E-state index in [4.69, 9.17) is 0 Å². The standard InChI is InChI=1S/C20H27N3O3.ClH/c24-18-4-2-1-3-17(18)20(26)23-9-7-22(8-10-23)19(25)13-14-11-15-5-6-16(12-14)21-15;/h1-4,14-16,21,24H,5-13H2;1H. The van der Waals surface area contributed by atoms with Crippen LogP contribution in [-0.4, -0.2) is 65.0 Å². The van der Waals surface area contributed by atoms with E-state index in [0.717, 1.165) is 12.8 Å². The molecule has 2 N–H and O–H groups in total. The first-order valence-electron chi connectivity index (χ1n) is 9.71. The van der Waals surface area contributed by atoms with E-state index < -0.39 is 0 Å². The highest BCUT2D eigenvalue weighted by molar-refractivity contribution is 5.97. The number of hydrogen-bond donors (Lipinski definition) is 2. The molecule has 148 valence electrons. The largest absolute Gasteiger partial charge is 0.507 e. The average Bonchev–Trinajstić information content (AvgIpc) is 3.00. The van der Waals surface area contributed by atoms with Crippen molar-refractivity contribution in [2.24, 2.45) is 5.92 Å². The van der Waals surface area contributed by atoms with Crippen molar-refractivity contribution in [3.8, 4) is 5.75 Å². The first kappa shape index (κ1) is 20.0. The van der Waals surface area contributed by atoms with Gasteiger partial charge in [-0.2, -0.15) is 0 Å². The number of benzene rings is 1. The summed E-state index contributed by atoms with van der Waals surface area (Å²) >= 11 is 0. The zero-order chi connectivity index (χ0) is 18.1. The van der Waals surface area contributed by atoms with Gasteiger partial charge in [-0.15, -0.1) is 12.4 Å². The quantitative estimate of drug-likeness (QED) is 0.824. The number of piperazine rings is 1. The highest BCUT2D eigenvalue weighted by Gasteiger charge is 2.35. The van der Waals surface area contributed by atoms with Crippen molar-refractivity contribution < 1.29 is 14.7 Å². The van der Waals surface area contributed by atoms with Crippen molar-refractivity contribution in [3.05, 3.63) is 29.8 Å². The van der Waals surface area contributed by atoms with Gasteiger partial charge in [-0.3, -0.25) is 9.59 Å². The normalized spacial score (nSPS) is 27.2. The van der Waals surface area contributed by atoms with Crippen LogP contribution in [0.5, 0.6) is 5.75 Å². The molecule has 3 saturated heterocycles. The fourth-order valence-electron chi connectivity index (χ4n) is 4.70. The lowest BCUT2D eigenvalue weighted by Gasteiger charge is -2.36. The van der Waals surface area contributed by atoms with Gasteiger partial charge in [0.1, 0.15) is 5.75 Å². The third kappa shape index (κ3) is 4.38. The van der Waals surface area contributed by atoms with Crippen LogP contribution in [0.4, 0.5) is 0 Å². The molecular weight excluding hydrogens is 366 g/mol. The molecule has 3 aliphatic heterocycles. The molecule has 2 atom stereocenters. The van der Waals surface area contributed by atoms with Gasteiger partial charge in [0.25, 0.3) is 5.91 Å². The van der Waals surface area contributed by atoms with Gasteiger partial charge < -0.3 is 20.2 Å². The Labute approximate surface area is 166 Å². The average molecular weight is 394 g/mol. The third-order valence-electron chi connectivity index (χ3n) is 6.09. The Hall–Kier alpha value is -1.79. The highest BCUT2D eigenvalue weighted by atomic mass is 35.5. The molecule has 2 unspecified atom stereocenters. The van der Waals surface area contributed by atoms with Crippen LogP contribution < -0.4 is 5.32 Å². The van der Waals surface area contributed by atoms with Crippen LogP contribution in [0, 0.1) is 5.92 Å². The second kappa shape index (κ2) is 8.48. The highest BCUT2D eigenvalue weighted by Crippen LogP contribution is 2.33. The summed E-state index contributed by atoms with van der Waals surface area (Å²) in [7, 11) is 0. The SMILES string of the molecule is Cl.O=C(CC1CC2CCC(C1)N2)N1CCN(C(=O)c2ccccc2O)CC1. The van der Waals surface area contributed by atoms with E-state index in [-0.39, 0.29) is 30.0 Å². The summed E-state index contributed by atoms with van der Waals surface area (Å²) in [6, 6.07) is 7.84. The number of fused-ring (bicyclic) bond motifs is 2. The fourth-order valence-corrected chi connectivity index (χ4v) is 4.70. The number of rotatable bonds is 3. The number of phenols is 1. The van der Waals surface area contributed by atoms with E-state index in [0.29, 0.717) is 56.2 Å². The minimum atomic E-state index is -0.162. The number of halogens is 1. The topological polar surface area (TPSA) is 72.9 Å². The Kier molecular flexibility index (Phi) is 6.27. The third-order valence-corrected chi connectivity index (χ3v) is 6.09. The van der Waals surface area contributed by atoms with Crippen molar-refractivity contribution in [2.75, 3.05) is 26.2 Å². The van der Waals surface area contributed by atoms with Crippen LogP contribution in [0.3, 0.4) is 0 Å². The maximum absolute atomic E-state index is 12.7. The van der Waals surface area contributed by atoms with Gasteiger partial charge in [-0.05, 0) is 43.7 Å². The molecule has 1 aromatic rings. The number of aromatic hydroxyl groups is 1. The molecule has 0 radical (unpaired) electrons. The summed E-state index contributed by atoms with van der Waals surface area (Å²) in [5.74, 6) is 0.579. The molecule has 0 aliphatic carbocycles. The van der Waals surface area contributed by atoms with Crippen molar-refractivity contribution in [2.45, 2.75) is 44.2 Å². The molecule has 3 fully saturated rings. The number of phenolic OH excluding ortho intramolecular Hbond substituents is 1. The summed E-state index contributed by atoms with van der Waals surface area (Å²) in [5, 5.41) is 13.5. The van der Waals surface area contributed by atoms with Crippen molar-refractivity contribution in [1.29, 1.82) is 0 Å². The van der Waals surface area contributed by atoms with Crippen LogP contribution in [0.1, 0.15) is 42.5 Å². The summed E-state index contributed by atoms with van der Waals surface area (Å²) in [6.45, 7) is 2.21. The van der Waals surface area contributed by atoms with Gasteiger partial charge in [0.05, 0.1) is 5.56 Å². The van der Waals surface area contributed by atoms with Crippen LogP contribution in [0.15, 0.2) is 24.3 Å². The molecule has 3 heterocycles. The van der Waals surface area contributed by atoms with E-state index in [9.17, 15) is 14.7 Å². The van der Waals surface area contributed by atoms with Gasteiger partial charge >= 0.3 is 0 Å². The summed E-state index contributed by atoms with van der Waals surface area (Å²) < 4.78 is 0. The summed E-state index contributed by atoms with van der Waals surface area (Å²) in [6.07, 6.45) is 5.38. The number of nitrogens with one attached hydrogen (secondary N) is 1. The molecule has 1 aromatic carbocycles. The number of carbonyl (C=O) groups excluding carboxylic acids is 2. The van der Waals surface area contributed by atoms with Crippen molar-refractivity contribution in [1.82, 2.24) is 15.1 Å².